The molecule has 0 aromatic heterocycles. The van der Waals surface area contributed by atoms with Gasteiger partial charge in [0.25, 0.3) is 0 Å². The van der Waals surface area contributed by atoms with E-state index in [1.54, 1.807) is 13.8 Å². The first-order valence-corrected chi connectivity index (χ1v) is 7.08. The predicted octanol–water partition coefficient (Wildman–Crippen LogP) is 1.92. The second kappa shape index (κ2) is 7.41. The minimum Gasteiger partial charge on any atom is -0.465 e. The molecule has 2 atom stereocenters. The van der Waals surface area contributed by atoms with Gasteiger partial charge in [0, 0.05) is 6.54 Å². The van der Waals surface area contributed by atoms with E-state index in [0.717, 1.165) is 11.1 Å². The highest BCUT2D eigenvalue weighted by Crippen LogP contribution is 2.31. The number of carbonyl (C=O) groups is 1. The SMILES string of the molecule is CCOC(=O)C(CN)(CCC(C)O)c1cccc(C)c1. The summed E-state index contributed by atoms with van der Waals surface area (Å²) >= 11 is 0. The van der Waals surface area contributed by atoms with Crippen molar-refractivity contribution in [3.8, 4) is 0 Å². The lowest BCUT2D eigenvalue weighted by Gasteiger charge is -2.31. The Hall–Kier alpha value is -1.39. The van der Waals surface area contributed by atoms with Crippen molar-refractivity contribution in [2.24, 2.45) is 5.73 Å². The quantitative estimate of drug-likeness (QED) is 0.748. The zero-order valence-corrected chi connectivity index (χ0v) is 12.6. The summed E-state index contributed by atoms with van der Waals surface area (Å²) in [5.74, 6) is -0.311. The van der Waals surface area contributed by atoms with Crippen molar-refractivity contribution in [2.45, 2.75) is 45.1 Å². The number of aliphatic hydroxyl groups is 1. The third-order valence-corrected chi connectivity index (χ3v) is 3.57. The van der Waals surface area contributed by atoms with E-state index in [1.807, 2.05) is 31.2 Å². The van der Waals surface area contributed by atoms with E-state index in [2.05, 4.69) is 0 Å². The molecule has 0 aliphatic carbocycles. The van der Waals surface area contributed by atoms with E-state index >= 15 is 0 Å². The van der Waals surface area contributed by atoms with Crippen molar-refractivity contribution in [3.05, 3.63) is 35.4 Å². The minimum atomic E-state index is -0.876. The summed E-state index contributed by atoms with van der Waals surface area (Å²) in [4.78, 5) is 12.4. The van der Waals surface area contributed by atoms with E-state index < -0.39 is 11.5 Å². The van der Waals surface area contributed by atoms with Gasteiger partial charge < -0.3 is 15.6 Å². The van der Waals surface area contributed by atoms with E-state index in [-0.39, 0.29) is 12.5 Å². The second-order valence-electron chi connectivity index (χ2n) is 5.26. The zero-order valence-electron chi connectivity index (χ0n) is 12.6. The Bertz CT molecular complexity index is 445. The summed E-state index contributed by atoms with van der Waals surface area (Å²) < 4.78 is 5.22. The highest BCUT2D eigenvalue weighted by molar-refractivity contribution is 5.83. The van der Waals surface area contributed by atoms with Gasteiger partial charge in [-0.2, -0.15) is 0 Å². The maximum atomic E-state index is 12.4. The largest absolute Gasteiger partial charge is 0.465 e. The molecule has 0 saturated heterocycles. The van der Waals surface area contributed by atoms with Crippen LogP contribution in [0.25, 0.3) is 0 Å². The fourth-order valence-corrected chi connectivity index (χ4v) is 2.33. The van der Waals surface area contributed by atoms with Crippen LogP contribution in [0.15, 0.2) is 24.3 Å². The van der Waals surface area contributed by atoms with Crippen molar-refractivity contribution >= 4 is 5.97 Å². The molecule has 0 bridgehead atoms. The van der Waals surface area contributed by atoms with Gasteiger partial charge >= 0.3 is 5.97 Å². The molecular formula is C16H25NO3. The number of carbonyl (C=O) groups excluding carboxylic acids is 1. The van der Waals surface area contributed by atoms with Gasteiger partial charge in [-0.15, -0.1) is 0 Å². The first-order chi connectivity index (χ1) is 9.46. The molecule has 1 rings (SSSR count). The van der Waals surface area contributed by atoms with Crippen molar-refractivity contribution in [1.82, 2.24) is 0 Å². The van der Waals surface area contributed by atoms with Gasteiger partial charge in [0.15, 0.2) is 0 Å². The molecule has 0 saturated carbocycles. The van der Waals surface area contributed by atoms with Gasteiger partial charge in [-0.25, -0.2) is 0 Å². The van der Waals surface area contributed by atoms with Crippen LogP contribution in [0, 0.1) is 6.92 Å². The average molecular weight is 279 g/mol. The van der Waals surface area contributed by atoms with E-state index in [0.29, 0.717) is 19.4 Å². The summed E-state index contributed by atoms with van der Waals surface area (Å²) in [5.41, 5.74) is 6.98. The summed E-state index contributed by atoms with van der Waals surface area (Å²) in [7, 11) is 0. The van der Waals surface area contributed by atoms with Gasteiger partial charge in [-0.05, 0) is 39.2 Å². The lowest BCUT2D eigenvalue weighted by atomic mass is 9.75. The summed E-state index contributed by atoms with van der Waals surface area (Å²) in [5, 5.41) is 9.53. The highest BCUT2D eigenvalue weighted by atomic mass is 16.5. The number of hydrogen-bond donors (Lipinski definition) is 2. The Morgan fingerprint density at radius 1 is 1.50 bits per heavy atom. The molecule has 0 aliphatic heterocycles. The average Bonchev–Trinajstić information content (AvgIpc) is 2.40. The lowest BCUT2D eigenvalue weighted by Crippen LogP contribution is -2.44. The van der Waals surface area contributed by atoms with Crippen molar-refractivity contribution in [3.63, 3.8) is 0 Å². The van der Waals surface area contributed by atoms with E-state index in [4.69, 9.17) is 10.5 Å². The molecule has 0 spiro atoms. The number of aryl methyl sites for hydroxylation is 1. The van der Waals surface area contributed by atoms with E-state index in [9.17, 15) is 9.90 Å². The van der Waals surface area contributed by atoms with Gasteiger partial charge in [-0.3, -0.25) is 4.79 Å². The fourth-order valence-electron chi connectivity index (χ4n) is 2.33. The first-order valence-electron chi connectivity index (χ1n) is 7.08. The van der Waals surface area contributed by atoms with Gasteiger partial charge in [0.05, 0.1) is 12.7 Å². The van der Waals surface area contributed by atoms with Crippen LogP contribution in [0.3, 0.4) is 0 Å². The van der Waals surface area contributed by atoms with Gasteiger partial charge in [-0.1, -0.05) is 29.8 Å². The maximum Gasteiger partial charge on any atom is 0.317 e. The zero-order chi connectivity index (χ0) is 15.2. The number of aliphatic hydroxyl groups excluding tert-OH is 1. The Morgan fingerprint density at radius 2 is 2.20 bits per heavy atom. The standard InChI is InChI=1S/C16H25NO3/c1-4-20-15(19)16(11-17,9-8-13(3)18)14-7-5-6-12(2)10-14/h5-7,10,13,18H,4,8-9,11,17H2,1-3H3. The third kappa shape index (κ3) is 3.81. The minimum absolute atomic E-state index is 0.169. The number of nitrogens with two attached hydrogens (primary N) is 1. The van der Waals surface area contributed by atoms with Crippen LogP contribution >= 0.6 is 0 Å². The topological polar surface area (TPSA) is 72.5 Å². The third-order valence-electron chi connectivity index (χ3n) is 3.57. The second-order valence-corrected chi connectivity index (χ2v) is 5.26. The van der Waals surface area contributed by atoms with Crippen molar-refractivity contribution < 1.29 is 14.6 Å². The lowest BCUT2D eigenvalue weighted by molar-refractivity contribution is -0.150. The van der Waals surface area contributed by atoms with Gasteiger partial charge in [0.1, 0.15) is 5.41 Å². The van der Waals surface area contributed by atoms with Crippen LogP contribution in [0.2, 0.25) is 0 Å². The first kappa shape index (κ1) is 16.7. The molecule has 112 valence electrons. The Kier molecular flexibility index (Phi) is 6.17. The van der Waals surface area contributed by atoms with Crippen LogP contribution in [0.4, 0.5) is 0 Å². The fraction of sp³-hybridized carbons (Fsp3) is 0.562. The summed E-state index contributed by atoms with van der Waals surface area (Å²) in [6.45, 7) is 5.96. The number of rotatable bonds is 7. The van der Waals surface area contributed by atoms with Crippen LogP contribution in [-0.2, 0) is 14.9 Å². The van der Waals surface area contributed by atoms with Crippen molar-refractivity contribution in [2.75, 3.05) is 13.2 Å². The molecule has 2 unspecified atom stereocenters. The Labute approximate surface area is 120 Å². The summed E-state index contributed by atoms with van der Waals surface area (Å²) in [6.07, 6.45) is 0.507. The normalized spacial score (nSPS) is 15.4. The number of benzene rings is 1. The Balaban J connectivity index is 3.19. The van der Waals surface area contributed by atoms with Crippen molar-refractivity contribution in [1.29, 1.82) is 0 Å². The molecular weight excluding hydrogens is 254 g/mol. The highest BCUT2D eigenvalue weighted by Gasteiger charge is 2.40. The predicted molar refractivity (Wildman–Crippen MR) is 79.5 cm³/mol. The van der Waals surface area contributed by atoms with Gasteiger partial charge in [0.2, 0.25) is 0 Å². The Morgan fingerprint density at radius 3 is 2.70 bits per heavy atom. The van der Waals surface area contributed by atoms with Crippen LogP contribution < -0.4 is 5.73 Å². The molecule has 4 nitrogen and oxygen atoms in total. The molecule has 3 N–H and O–H groups in total. The van der Waals surface area contributed by atoms with E-state index in [1.165, 1.54) is 0 Å². The number of esters is 1. The summed E-state index contributed by atoms with van der Waals surface area (Å²) in [6, 6.07) is 7.76. The molecule has 1 aromatic rings. The monoisotopic (exact) mass is 279 g/mol. The molecule has 1 aromatic carbocycles. The smallest absolute Gasteiger partial charge is 0.317 e. The molecule has 0 fully saturated rings. The molecule has 4 heteroatoms. The molecule has 0 aliphatic rings. The van der Waals surface area contributed by atoms with Crippen LogP contribution in [-0.4, -0.2) is 30.3 Å². The molecule has 0 radical (unpaired) electrons. The molecule has 0 amide bonds. The maximum absolute atomic E-state index is 12.4. The van der Waals surface area contributed by atoms with Crippen LogP contribution in [0.1, 0.15) is 37.8 Å². The number of hydrogen-bond acceptors (Lipinski definition) is 4. The number of ether oxygens (including phenoxy) is 1. The molecule has 20 heavy (non-hydrogen) atoms. The molecule has 0 heterocycles. The van der Waals surface area contributed by atoms with Crippen LogP contribution in [0.5, 0.6) is 0 Å².